The van der Waals surface area contributed by atoms with Gasteiger partial charge in [0.1, 0.15) is 5.02 Å². The van der Waals surface area contributed by atoms with Crippen LogP contribution in [0, 0.1) is 6.92 Å². The van der Waals surface area contributed by atoms with Gasteiger partial charge < -0.3 is 20.4 Å². The molecule has 1 fully saturated rings. The summed E-state index contributed by atoms with van der Waals surface area (Å²) in [6.07, 6.45) is -3.98. The number of hydrogen-bond acceptors (Lipinski definition) is 7. The van der Waals surface area contributed by atoms with E-state index in [1.165, 1.54) is 6.20 Å². The van der Waals surface area contributed by atoms with Gasteiger partial charge in [0, 0.05) is 42.4 Å². The predicted molar refractivity (Wildman–Crippen MR) is 129 cm³/mol. The molecule has 2 N–H and O–H groups in total. The van der Waals surface area contributed by atoms with Crippen LogP contribution in [0.1, 0.15) is 10.4 Å². The first-order valence-electron chi connectivity index (χ1n) is 10.4. The molecule has 6 nitrogen and oxygen atoms in total. The van der Waals surface area contributed by atoms with Crippen molar-refractivity contribution < 1.29 is 13.2 Å². The van der Waals surface area contributed by atoms with E-state index in [-0.39, 0.29) is 11.5 Å². The van der Waals surface area contributed by atoms with Crippen molar-refractivity contribution in [1.29, 1.82) is 0 Å². The molecule has 1 saturated heterocycles. The maximum atomic E-state index is 13.3. The van der Waals surface area contributed by atoms with Gasteiger partial charge in [0.15, 0.2) is 5.82 Å². The molecule has 0 bridgehead atoms. The van der Waals surface area contributed by atoms with Crippen molar-refractivity contribution in [2.75, 3.05) is 48.8 Å². The van der Waals surface area contributed by atoms with Crippen LogP contribution in [0.15, 0.2) is 35.8 Å². The number of halogens is 4. The SMILES string of the molecule is Cc1sccc1Nc1nc(Nc2ccc(N3CCN(C)CC3)cc2CC(F)(F)F)ncc1Cl. The lowest BCUT2D eigenvalue weighted by Gasteiger charge is -2.34. The average Bonchev–Trinajstić information content (AvgIpc) is 3.15. The monoisotopic (exact) mass is 496 g/mol. The molecular formula is C22H24ClF3N6S. The summed E-state index contributed by atoms with van der Waals surface area (Å²) in [4.78, 5) is 13.9. The second-order valence-electron chi connectivity index (χ2n) is 7.95. The first-order chi connectivity index (χ1) is 15.7. The number of hydrogen-bond donors (Lipinski definition) is 2. The Kier molecular flexibility index (Phi) is 6.96. The van der Waals surface area contributed by atoms with Crippen molar-refractivity contribution >= 4 is 51.8 Å². The minimum absolute atomic E-state index is 0.140. The van der Waals surface area contributed by atoms with Crippen molar-refractivity contribution in [3.05, 3.63) is 51.3 Å². The van der Waals surface area contributed by atoms with Crippen molar-refractivity contribution in [3.63, 3.8) is 0 Å². The summed E-state index contributed by atoms with van der Waals surface area (Å²) in [5.74, 6) is 0.535. The van der Waals surface area contributed by atoms with Crippen LogP contribution in [-0.2, 0) is 6.42 Å². The van der Waals surface area contributed by atoms with E-state index in [0.29, 0.717) is 16.5 Å². The number of likely N-dealkylation sites (N-methyl/N-ethyl adjacent to an activating group) is 1. The summed E-state index contributed by atoms with van der Waals surface area (Å²) < 4.78 is 40.0. The molecule has 0 radical (unpaired) electrons. The number of thiophene rings is 1. The topological polar surface area (TPSA) is 56.3 Å². The molecule has 1 aliphatic rings. The standard InChI is InChI=1S/C22H24ClF3N6S/c1-14-18(5-10-33-14)28-20-17(23)13-27-21(30-20)29-19-4-3-16(11-15(19)12-22(24,25)26)32-8-6-31(2)7-9-32/h3-5,10-11,13H,6-9,12H2,1-2H3,(H2,27,28,29,30). The fourth-order valence-electron chi connectivity index (χ4n) is 3.60. The number of anilines is 5. The Hall–Kier alpha value is -2.56. The Labute approximate surface area is 199 Å². The smallest absolute Gasteiger partial charge is 0.369 e. The van der Waals surface area contributed by atoms with E-state index >= 15 is 0 Å². The van der Waals surface area contributed by atoms with Crippen molar-refractivity contribution in [1.82, 2.24) is 14.9 Å². The molecule has 2 aromatic heterocycles. The van der Waals surface area contributed by atoms with Crippen LogP contribution in [0.3, 0.4) is 0 Å². The van der Waals surface area contributed by atoms with Gasteiger partial charge in [-0.1, -0.05) is 11.6 Å². The predicted octanol–water partition coefficient (Wildman–Crippen LogP) is 5.84. The van der Waals surface area contributed by atoms with Crippen LogP contribution in [0.5, 0.6) is 0 Å². The van der Waals surface area contributed by atoms with E-state index in [4.69, 9.17) is 11.6 Å². The zero-order valence-electron chi connectivity index (χ0n) is 18.2. The van der Waals surface area contributed by atoms with Crippen molar-refractivity contribution in [2.24, 2.45) is 0 Å². The third kappa shape index (κ3) is 6.07. The van der Waals surface area contributed by atoms with Crippen molar-refractivity contribution in [3.8, 4) is 0 Å². The molecule has 0 atom stereocenters. The summed E-state index contributed by atoms with van der Waals surface area (Å²) >= 11 is 7.81. The van der Waals surface area contributed by atoms with Gasteiger partial charge in [0.2, 0.25) is 5.95 Å². The lowest BCUT2D eigenvalue weighted by molar-refractivity contribution is -0.127. The van der Waals surface area contributed by atoms with E-state index in [0.717, 1.165) is 42.4 Å². The van der Waals surface area contributed by atoms with E-state index in [1.54, 1.807) is 23.5 Å². The maximum Gasteiger partial charge on any atom is 0.393 e. The highest BCUT2D eigenvalue weighted by atomic mass is 35.5. The third-order valence-corrected chi connectivity index (χ3v) is 6.57. The van der Waals surface area contributed by atoms with Crippen LogP contribution < -0.4 is 15.5 Å². The summed E-state index contributed by atoms with van der Waals surface area (Å²) in [5, 5.41) is 8.35. The molecule has 0 spiro atoms. The Morgan fingerprint density at radius 2 is 1.85 bits per heavy atom. The molecular weight excluding hydrogens is 473 g/mol. The number of nitrogens with zero attached hydrogens (tertiary/aromatic N) is 4. The number of rotatable bonds is 6. The molecule has 0 saturated carbocycles. The number of aryl methyl sites for hydroxylation is 1. The molecule has 3 heterocycles. The van der Waals surface area contributed by atoms with Gasteiger partial charge in [-0.3, -0.25) is 0 Å². The van der Waals surface area contributed by atoms with Gasteiger partial charge in [-0.2, -0.15) is 18.2 Å². The average molecular weight is 497 g/mol. The normalized spacial score (nSPS) is 15.0. The van der Waals surface area contributed by atoms with E-state index < -0.39 is 12.6 Å². The zero-order valence-corrected chi connectivity index (χ0v) is 19.8. The summed E-state index contributed by atoms with van der Waals surface area (Å²) in [7, 11) is 2.04. The van der Waals surface area contributed by atoms with Crippen LogP contribution in [0.2, 0.25) is 5.02 Å². The lowest BCUT2D eigenvalue weighted by atomic mass is 10.1. The fraction of sp³-hybridized carbons (Fsp3) is 0.364. The molecule has 4 rings (SSSR count). The van der Waals surface area contributed by atoms with Crippen molar-refractivity contribution in [2.45, 2.75) is 19.5 Å². The van der Waals surface area contributed by atoms with Gasteiger partial charge in [-0.25, -0.2) is 4.98 Å². The molecule has 3 aromatic rings. The van der Waals surface area contributed by atoms with E-state index in [9.17, 15) is 13.2 Å². The number of nitrogens with one attached hydrogen (secondary N) is 2. The van der Waals surface area contributed by atoms with Crippen LogP contribution in [-0.4, -0.2) is 54.3 Å². The van der Waals surface area contributed by atoms with Gasteiger partial charge >= 0.3 is 6.18 Å². The van der Waals surface area contributed by atoms with Gasteiger partial charge in [-0.15, -0.1) is 11.3 Å². The van der Waals surface area contributed by atoms with Crippen LogP contribution in [0.4, 0.5) is 42.0 Å². The Morgan fingerprint density at radius 3 is 2.52 bits per heavy atom. The van der Waals surface area contributed by atoms with Gasteiger partial charge in [0.25, 0.3) is 0 Å². The summed E-state index contributed by atoms with van der Waals surface area (Å²) in [5.41, 5.74) is 2.09. The molecule has 33 heavy (non-hydrogen) atoms. The Balaban J connectivity index is 1.60. The fourth-order valence-corrected chi connectivity index (χ4v) is 4.40. The second kappa shape index (κ2) is 9.74. The maximum absolute atomic E-state index is 13.3. The minimum atomic E-state index is -4.35. The summed E-state index contributed by atoms with van der Waals surface area (Å²) in [6, 6.07) is 7.00. The van der Waals surface area contributed by atoms with E-state index in [2.05, 4.69) is 30.4 Å². The molecule has 1 aliphatic heterocycles. The van der Waals surface area contributed by atoms with Gasteiger partial charge in [0.05, 0.1) is 18.3 Å². The number of piperazine rings is 1. The first kappa shape index (κ1) is 23.6. The van der Waals surface area contributed by atoms with E-state index in [1.807, 2.05) is 31.5 Å². The Bertz CT molecular complexity index is 1110. The quantitative estimate of drug-likeness (QED) is 0.447. The van der Waals surface area contributed by atoms with Crippen LogP contribution >= 0.6 is 22.9 Å². The molecule has 11 heteroatoms. The highest BCUT2D eigenvalue weighted by Gasteiger charge is 2.30. The largest absolute Gasteiger partial charge is 0.393 e. The minimum Gasteiger partial charge on any atom is -0.369 e. The van der Waals surface area contributed by atoms with Crippen LogP contribution in [0.25, 0.3) is 0 Å². The molecule has 1 aromatic carbocycles. The molecule has 0 unspecified atom stereocenters. The third-order valence-electron chi connectivity index (χ3n) is 5.45. The molecule has 0 amide bonds. The number of aromatic nitrogens is 2. The zero-order chi connectivity index (χ0) is 23.6. The first-order valence-corrected chi connectivity index (χ1v) is 11.7. The second-order valence-corrected chi connectivity index (χ2v) is 9.48. The van der Waals surface area contributed by atoms with Gasteiger partial charge in [-0.05, 0) is 49.2 Å². The molecule has 0 aliphatic carbocycles. The molecule has 176 valence electrons. The number of benzene rings is 1. The lowest BCUT2D eigenvalue weighted by Crippen LogP contribution is -2.44. The Morgan fingerprint density at radius 1 is 1.09 bits per heavy atom. The highest BCUT2D eigenvalue weighted by Crippen LogP contribution is 2.33. The number of alkyl halides is 3. The summed E-state index contributed by atoms with van der Waals surface area (Å²) in [6.45, 7) is 5.24. The highest BCUT2D eigenvalue weighted by molar-refractivity contribution is 7.10.